The summed E-state index contributed by atoms with van der Waals surface area (Å²) in [6, 6.07) is -0.199. The molecule has 0 radical (unpaired) electrons. The van der Waals surface area contributed by atoms with Gasteiger partial charge >= 0.3 is 0 Å². The predicted molar refractivity (Wildman–Crippen MR) is 93.5 cm³/mol. The van der Waals surface area contributed by atoms with E-state index in [1.165, 1.54) is 5.57 Å². The van der Waals surface area contributed by atoms with Gasteiger partial charge in [-0.2, -0.15) is 0 Å². The Kier molecular flexibility index (Phi) is 6.10. The SMILES string of the molecule is COC1(OC)CO[C@@H]2[C@H](C=C(C)C)CN(C(=O)[C@@H](C)CC(C)C)[C@@H]21. The van der Waals surface area contributed by atoms with Gasteiger partial charge in [0.15, 0.2) is 0 Å². The molecule has 1 amide bonds. The van der Waals surface area contributed by atoms with Crippen LogP contribution in [0.1, 0.15) is 41.0 Å². The third kappa shape index (κ3) is 3.53. The number of carbonyl (C=O) groups is 1. The first-order valence-electron chi connectivity index (χ1n) is 8.93. The summed E-state index contributed by atoms with van der Waals surface area (Å²) in [5.41, 5.74) is 1.24. The Bertz CT molecular complexity index is 480. The fourth-order valence-corrected chi connectivity index (χ4v) is 4.19. The van der Waals surface area contributed by atoms with Crippen molar-refractivity contribution in [3.05, 3.63) is 11.6 Å². The molecular formula is C19H33NO4. The Hall–Kier alpha value is -0.910. The number of likely N-dealkylation sites (tertiary alicyclic amines) is 1. The van der Waals surface area contributed by atoms with Gasteiger partial charge in [0.25, 0.3) is 0 Å². The fourth-order valence-electron chi connectivity index (χ4n) is 4.19. The second-order valence-electron chi connectivity index (χ2n) is 7.87. The predicted octanol–water partition coefficient (Wildman–Crippen LogP) is 2.85. The molecule has 0 aliphatic carbocycles. The maximum atomic E-state index is 13.1. The molecule has 2 aliphatic heterocycles. The van der Waals surface area contributed by atoms with Gasteiger partial charge in [0, 0.05) is 32.6 Å². The molecule has 2 rings (SSSR count). The Labute approximate surface area is 146 Å². The lowest BCUT2D eigenvalue weighted by molar-refractivity contribution is -0.227. The van der Waals surface area contributed by atoms with E-state index in [0.717, 1.165) is 6.42 Å². The Morgan fingerprint density at radius 2 is 1.92 bits per heavy atom. The van der Waals surface area contributed by atoms with Gasteiger partial charge in [-0.05, 0) is 26.2 Å². The van der Waals surface area contributed by atoms with Gasteiger partial charge in [-0.3, -0.25) is 4.79 Å². The first kappa shape index (κ1) is 19.4. The summed E-state index contributed by atoms with van der Waals surface area (Å²) in [4.78, 5) is 15.1. The number of methoxy groups -OCH3 is 2. The Balaban J connectivity index is 2.31. The topological polar surface area (TPSA) is 48.0 Å². The van der Waals surface area contributed by atoms with E-state index < -0.39 is 5.79 Å². The molecule has 0 spiro atoms. The summed E-state index contributed by atoms with van der Waals surface area (Å²) in [7, 11) is 3.26. The van der Waals surface area contributed by atoms with E-state index >= 15 is 0 Å². The standard InChI is InChI=1S/C19H33NO4/c1-12(2)8-14(5)18(21)20-10-15(9-13(3)4)16-17(20)19(22-6,23-7)11-24-16/h9,12,14-17H,8,10-11H2,1-7H3/t14-,15+,16+,17-/m0/s1. The number of ether oxygens (including phenoxy) is 3. The van der Waals surface area contributed by atoms with Crippen molar-refractivity contribution >= 4 is 5.91 Å². The van der Waals surface area contributed by atoms with Crippen LogP contribution in [0, 0.1) is 17.8 Å². The summed E-state index contributed by atoms with van der Waals surface area (Å²) in [5, 5.41) is 0. The van der Waals surface area contributed by atoms with Gasteiger partial charge in [0.2, 0.25) is 11.7 Å². The number of hydrogen-bond acceptors (Lipinski definition) is 4. The van der Waals surface area contributed by atoms with Crippen molar-refractivity contribution < 1.29 is 19.0 Å². The van der Waals surface area contributed by atoms with E-state index in [4.69, 9.17) is 14.2 Å². The average molecular weight is 339 g/mol. The number of allylic oxidation sites excluding steroid dienone is 1. The minimum absolute atomic E-state index is 0.0110. The average Bonchev–Trinajstić information content (AvgIpc) is 3.05. The maximum Gasteiger partial charge on any atom is 0.225 e. The maximum absolute atomic E-state index is 13.1. The highest BCUT2D eigenvalue weighted by Crippen LogP contribution is 2.43. The lowest BCUT2D eigenvalue weighted by atomic mass is 9.95. The van der Waals surface area contributed by atoms with Crippen LogP contribution in [0.25, 0.3) is 0 Å². The molecule has 0 N–H and O–H groups in total. The number of fused-ring (bicyclic) bond motifs is 1. The normalized spacial score (nSPS) is 29.7. The number of hydrogen-bond donors (Lipinski definition) is 0. The summed E-state index contributed by atoms with van der Waals surface area (Å²) < 4.78 is 17.4. The molecule has 5 nitrogen and oxygen atoms in total. The van der Waals surface area contributed by atoms with E-state index in [2.05, 4.69) is 33.8 Å². The summed E-state index contributed by atoms with van der Waals surface area (Å²) >= 11 is 0. The van der Waals surface area contributed by atoms with Crippen LogP contribution in [-0.2, 0) is 19.0 Å². The van der Waals surface area contributed by atoms with E-state index in [0.29, 0.717) is 19.1 Å². The molecule has 0 bridgehead atoms. The van der Waals surface area contributed by atoms with Crippen LogP contribution >= 0.6 is 0 Å². The Morgan fingerprint density at radius 1 is 1.29 bits per heavy atom. The van der Waals surface area contributed by atoms with E-state index in [-0.39, 0.29) is 29.9 Å². The van der Waals surface area contributed by atoms with Crippen LogP contribution in [0.2, 0.25) is 0 Å². The highest BCUT2D eigenvalue weighted by Gasteiger charge is 2.61. The third-order valence-electron chi connectivity index (χ3n) is 5.17. The molecular weight excluding hydrogens is 306 g/mol. The lowest BCUT2D eigenvalue weighted by Crippen LogP contribution is -2.55. The first-order valence-corrected chi connectivity index (χ1v) is 8.93. The third-order valence-corrected chi connectivity index (χ3v) is 5.17. The van der Waals surface area contributed by atoms with E-state index in [1.54, 1.807) is 14.2 Å². The van der Waals surface area contributed by atoms with Gasteiger partial charge in [0.05, 0.1) is 6.10 Å². The molecule has 0 aromatic heterocycles. The molecule has 2 heterocycles. The van der Waals surface area contributed by atoms with Gasteiger partial charge < -0.3 is 19.1 Å². The highest BCUT2D eigenvalue weighted by molar-refractivity contribution is 5.79. The summed E-state index contributed by atoms with van der Waals surface area (Å²) in [5.74, 6) is -0.0366. The Morgan fingerprint density at radius 3 is 2.42 bits per heavy atom. The van der Waals surface area contributed by atoms with Crippen molar-refractivity contribution in [3.63, 3.8) is 0 Å². The van der Waals surface area contributed by atoms with Gasteiger partial charge in [-0.1, -0.05) is 32.4 Å². The second kappa shape index (κ2) is 7.54. The molecule has 0 aromatic carbocycles. The molecule has 2 saturated heterocycles. The molecule has 2 fully saturated rings. The number of carbonyl (C=O) groups excluding carboxylic acids is 1. The zero-order valence-corrected chi connectivity index (χ0v) is 16.2. The number of amides is 1. The van der Waals surface area contributed by atoms with Crippen molar-refractivity contribution in [1.82, 2.24) is 4.90 Å². The number of rotatable bonds is 6. The monoisotopic (exact) mass is 339 g/mol. The van der Waals surface area contributed by atoms with Gasteiger partial charge in [-0.25, -0.2) is 0 Å². The fraction of sp³-hybridized carbons (Fsp3) is 0.842. The second-order valence-corrected chi connectivity index (χ2v) is 7.87. The molecule has 4 atom stereocenters. The highest BCUT2D eigenvalue weighted by atomic mass is 16.7. The largest absolute Gasteiger partial charge is 0.369 e. The zero-order valence-electron chi connectivity index (χ0n) is 16.2. The van der Waals surface area contributed by atoms with Crippen LogP contribution in [0.4, 0.5) is 0 Å². The molecule has 0 unspecified atom stereocenters. The number of nitrogens with zero attached hydrogens (tertiary/aromatic N) is 1. The van der Waals surface area contributed by atoms with Crippen molar-refractivity contribution in [3.8, 4) is 0 Å². The molecule has 0 aromatic rings. The van der Waals surface area contributed by atoms with Crippen LogP contribution in [0.15, 0.2) is 11.6 Å². The van der Waals surface area contributed by atoms with Crippen LogP contribution in [0.5, 0.6) is 0 Å². The summed E-state index contributed by atoms with van der Waals surface area (Å²) in [6.07, 6.45) is 3.02. The molecule has 138 valence electrons. The quantitative estimate of drug-likeness (QED) is 0.551. The lowest BCUT2D eigenvalue weighted by Gasteiger charge is -2.37. The minimum atomic E-state index is -0.873. The van der Waals surface area contributed by atoms with Crippen LogP contribution < -0.4 is 0 Å². The van der Waals surface area contributed by atoms with E-state index in [9.17, 15) is 4.79 Å². The molecule has 24 heavy (non-hydrogen) atoms. The van der Waals surface area contributed by atoms with Crippen molar-refractivity contribution in [2.24, 2.45) is 17.8 Å². The van der Waals surface area contributed by atoms with Gasteiger partial charge in [0.1, 0.15) is 12.6 Å². The zero-order chi connectivity index (χ0) is 18.1. The van der Waals surface area contributed by atoms with Crippen LogP contribution in [-0.4, -0.2) is 56.1 Å². The molecule has 2 aliphatic rings. The van der Waals surface area contributed by atoms with E-state index in [1.807, 2.05) is 11.8 Å². The van der Waals surface area contributed by atoms with Crippen molar-refractivity contribution in [1.29, 1.82) is 0 Å². The van der Waals surface area contributed by atoms with Crippen molar-refractivity contribution in [2.75, 3.05) is 27.4 Å². The molecule has 0 saturated carbocycles. The summed E-state index contributed by atoms with van der Waals surface area (Å²) in [6.45, 7) is 11.5. The van der Waals surface area contributed by atoms with Crippen molar-refractivity contribution in [2.45, 2.75) is 59.0 Å². The minimum Gasteiger partial charge on any atom is -0.369 e. The van der Waals surface area contributed by atoms with Gasteiger partial charge in [-0.15, -0.1) is 0 Å². The van der Waals surface area contributed by atoms with Crippen LogP contribution in [0.3, 0.4) is 0 Å². The first-order chi connectivity index (χ1) is 11.3. The molecule has 5 heteroatoms. The smallest absolute Gasteiger partial charge is 0.225 e.